The Morgan fingerprint density at radius 1 is 1.26 bits per heavy atom. The van der Waals surface area contributed by atoms with Crippen molar-refractivity contribution >= 4 is 35.6 Å². The number of rotatable bonds is 4. The Balaban J connectivity index is 0.00000192. The Hall–Kier alpha value is -1.11. The molecule has 2 amide bonds. The Kier molecular flexibility index (Phi) is 6.44. The van der Waals surface area contributed by atoms with Crippen LogP contribution in [-0.2, 0) is 22.6 Å². The molecule has 1 saturated heterocycles. The summed E-state index contributed by atoms with van der Waals surface area (Å²) in [5, 5.41) is 2.09. The Morgan fingerprint density at radius 3 is 2.83 bits per heavy atom. The molecule has 1 aromatic heterocycles. The van der Waals surface area contributed by atoms with Crippen LogP contribution in [0.15, 0.2) is 11.4 Å². The van der Waals surface area contributed by atoms with E-state index in [-0.39, 0.29) is 30.3 Å². The second-order valence-corrected chi connectivity index (χ2v) is 7.05. The summed E-state index contributed by atoms with van der Waals surface area (Å²) in [7, 11) is 0. The minimum Gasteiger partial charge on any atom is -0.338 e. The zero-order valence-electron chi connectivity index (χ0n) is 13.2. The van der Waals surface area contributed by atoms with Crippen molar-refractivity contribution in [2.24, 2.45) is 5.73 Å². The average Bonchev–Trinajstić information content (AvgIpc) is 3.19. The van der Waals surface area contributed by atoms with E-state index in [4.69, 9.17) is 5.73 Å². The lowest BCUT2D eigenvalue weighted by Crippen LogP contribution is -2.41. The molecule has 128 valence electrons. The first-order chi connectivity index (χ1) is 10.7. The molecule has 2 N–H and O–H groups in total. The first-order valence-electron chi connectivity index (χ1n) is 8.01. The normalized spacial score (nSPS) is 20.1. The summed E-state index contributed by atoms with van der Waals surface area (Å²) in [5.41, 5.74) is 6.96. The van der Waals surface area contributed by atoms with Gasteiger partial charge in [-0.1, -0.05) is 0 Å². The minimum absolute atomic E-state index is 0. The van der Waals surface area contributed by atoms with E-state index >= 15 is 0 Å². The zero-order chi connectivity index (χ0) is 15.5. The van der Waals surface area contributed by atoms with Gasteiger partial charge in [0, 0.05) is 49.9 Å². The molecule has 23 heavy (non-hydrogen) atoms. The van der Waals surface area contributed by atoms with Crippen LogP contribution in [0.3, 0.4) is 0 Å². The smallest absolute Gasteiger partial charge is 0.223 e. The van der Waals surface area contributed by atoms with Gasteiger partial charge in [-0.05, 0) is 36.3 Å². The number of nitrogens with two attached hydrogens (primary N) is 1. The van der Waals surface area contributed by atoms with Crippen molar-refractivity contribution in [1.82, 2.24) is 9.80 Å². The summed E-state index contributed by atoms with van der Waals surface area (Å²) >= 11 is 1.77. The highest BCUT2D eigenvalue weighted by molar-refractivity contribution is 7.10. The molecule has 2 aliphatic rings. The number of halogens is 1. The van der Waals surface area contributed by atoms with E-state index in [0.29, 0.717) is 25.9 Å². The molecule has 1 fully saturated rings. The predicted octanol–water partition coefficient (Wildman–Crippen LogP) is 1.78. The number of carbonyl (C=O) groups is 2. The van der Waals surface area contributed by atoms with Gasteiger partial charge in [0.2, 0.25) is 11.8 Å². The summed E-state index contributed by atoms with van der Waals surface area (Å²) in [6, 6.07) is 2.27. The van der Waals surface area contributed by atoms with Crippen LogP contribution in [0.4, 0.5) is 0 Å². The van der Waals surface area contributed by atoms with Gasteiger partial charge in [-0.15, -0.1) is 23.7 Å². The highest BCUT2D eigenvalue weighted by atomic mass is 35.5. The number of fused-ring (bicyclic) bond motifs is 1. The summed E-state index contributed by atoms with van der Waals surface area (Å²) in [5.74, 6) is 0.170. The standard InChI is InChI=1S/C16H23N3O2S.ClH/c17-10-13-2-1-7-19(13)16(21)4-3-15(20)18-8-5-14-12(11-18)6-9-22-14;/h6,9,13H,1-5,7-8,10-11,17H2;1H. The second-order valence-electron chi connectivity index (χ2n) is 6.05. The molecule has 0 aliphatic carbocycles. The maximum atomic E-state index is 12.3. The molecule has 3 rings (SSSR count). The summed E-state index contributed by atoms with van der Waals surface area (Å²) in [6.45, 7) is 2.78. The Labute approximate surface area is 147 Å². The van der Waals surface area contributed by atoms with E-state index in [9.17, 15) is 9.59 Å². The molecule has 0 aromatic carbocycles. The lowest BCUT2D eigenvalue weighted by Gasteiger charge is -2.28. The SMILES string of the molecule is Cl.NCC1CCCN1C(=O)CCC(=O)N1CCc2sccc2C1. The van der Waals surface area contributed by atoms with Crippen LogP contribution in [0.25, 0.3) is 0 Å². The van der Waals surface area contributed by atoms with Crippen molar-refractivity contribution < 1.29 is 9.59 Å². The largest absolute Gasteiger partial charge is 0.338 e. The van der Waals surface area contributed by atoms with Crippen LogP contribution in [0.1, 0.15) is 36.1 Å². The molecule has 3 heterocycles. The molecule has 1 aromatic rings. The van der Waals surface area contributed by atoms with Crippen molar-refractivity contribution in [2.75, 3.05) is 19.6 Å². The maximum absolute atomic E-state index is 12.3. The summed E-state index contributed by atoms with van der Waals surface area (Å²) in [6.07, 6.45) is 3.57. The fraction of sp³-hybridized carbons (Fsp3) is 0.625. The van der Waals surface area contributed by atoms with Crippen LogP contribution in [0.2, 0.25) is 0 Å². The Bertz CT molecular complexity index is 563. The van der Waals surface area contributed by atoms with E-state index in [0.717, 1.165) is 32.4 Å². The third-order valence-electron chi connectivity index (χ3n) is 4.68. The van der Waals surface area contributed by atoms with Crippen molar-refractivity contribution in [2.45, 2.75) is 44.7 Å². The molecule has 2 aliphatic heterocycles. The monoisotopic (exact) mass is 357 g/mol. The number of likely N-dealkylation sites (tertiary alicyclic amines) is 1. The number of carbonyl (C=O) groups excluding carboxylic acids is 2. The number of amides is 2. The Morgan fingerprint density at radius 2 is 2.04 bits per heavy atom. The first kappa shape index (κ1) is 18.2. The maximum Gasteiger partial charge on any atom is 0.223 e. The lowest BCUT2D eigenvalue weighted by molar-refractivity contribution is -0.137. The quantitative estimate of drug-likeness (QED) is 0.893. The fourth-order valence-electron chi connectivity index (χ4n) is 3.39. The van der Waals surface area contributed by atoms with Gasteiger partial charge in [0.1, 0.15) is 0 Å². The number of thiophene rings is 1. The van der Waals surface area contributed by atoms with E-state index in [1.807, 2.05) is 9.80 Å². The molecule has 1 unspecified atom stereocenters. The van der Waals surface area contributed by atoms with E-state index in [1.165, 1.54) is 10.4 Å². The van der Waals surface area contributed by atoms with Gasteiger partial charge in [-0.2, -0.15) is 0 Å². The van der Waals surface area contributed by atoms with Gasteiger partial charge in [0.05, 0.1) is 0 Å². The van der Waals surface area contributed by atoms with Gasteiger partial charge in [-0.25, -0.2) is 0 Å². The van der Waals surface area contributed by atoms with Crippen LogP contribution < -0.4 is 5.73 Å². The first-order valence-corrected chi connectivity index (χ1v) is 8.89. The van der Waals surface area contributed by atoms with Gasteiger partial charge in [0.15, 0.2) is 0 Å². The summed E-state index contributed by atoms with van der Waals surface area (Å²) < 4.78 is 0. The van der Waals surface area contributed by atoms with Crippen molar-refractivity contribution in [3.8, 4) is 0 Å². The lowest BCUT2D eigenvalue weighted by atomic mass is 10.1. The molecule has 1 atom stereocenters. The third kappa shape index (κ3) is 4.05. The van der Waals surface area contributed by atoms with Crippen molar-refractivity contribution in [3.05, 3.63) is 21.9 Å². The zero-order valence-corrected chi connectivity index (χ0v) is 14.8. The average molecular weight is 358 g/mol. The van der Waals surface area contributed by atoms with E-state index in [1.54, 1.807) is 11.3 Å². The van der Waals surface area contributed by atoms with E-state index in [2.05, 4.69) is 11.4 Å². The van der Waals surface area contributed by atoms with Gasteiger partial charge < -0.3 is 15.5 Å². The predicted molar refractivity (Wildman–Crippen MR) is 93.7 cm³/mol. The van der Waals surface area contributed by atoms with Crippen LogP contribution in [0.5, 0.6) is 0 Å². The highest BCUT2D eigenvalue weighted by Crippen LogP contribution is 2.24. The number of nitrogens with zero attached hydrogens (tertiary/aromatic N) is 2. The topological polar surface area (TPSA) is 66.6 Å². The van der Waals surface area contributed by atoms with Crippen molar-refractivity contribution in [1.29, 1.82) is 0 Å². The van der Waals surface area contributed by atoms with Crippen LogP contribution in [-0.4, -0.2) is 47.3 Å². The molecule has 5 nitrogen and oxygen atoms in total. The van der Waals surface area contributed by atoms with Gasteiger partial charge in [0.25, 0.3) is 0 Å². The third-order valence-corrected chi connectivity index (χ3v) is 5.71. The highest BCUT2D eigenvalue weighted by Gasteiger charge is 2.28. The van der Waals surface area contributed by atoms with E-state index < -0.39 is 0 Å². The molecule has 7 heteroatoms. The van der Waals surface area contributed by atoms with Crippen LogP contribution >= 0.6 is 23.7 Å². The minimum atomic E-state index is 0. The molecular weight excluding hydrogens is 334 g/mol. The molecule has 0 saturated carbocycles. The molecule has 0 radical (unpaired) electrons. The van der Waals surface area contributed by atoms with Crippen molar-refractivity contribution in [3.63, 3.8) is 0 Å². The van der Waals surface area contributed by atoms with Gasteiger partial charge >= 0.3 is 0 Å². The number of hydrogen-bond acceptors (Lipinski definition) is 4. The van der Waals surface area contributed by atoms with Gasteiger partial charge in [-0.3, -0.25) is 9.59 Å². The fourth-order valence-corrected chi connectivity index (χ4v) is 4.28. The summed E-state index contributed by atoms with van der Waals surface area (Å²) in [4.78, 5) is 29.7. The number of hydrogen-bond donors (Lipinski definition) is 1. The molecule has 0 bridgehead atoms. The van der Waals surface area contributed by atoms with Crippen LogP contribution in [0, 0.1) is 0 Å². The second kappa shape index (κ2) is 8.13. The molecule has 0 spiro atoms. The molecular formula is C16H24ClN3O2S.